The fraction of sp³-hybridized carbons (Fsp3) is 0.346. The summed E-state index contributed by atoms with van der Waals surface area (Å²) >= 11 is 1.81. The molecule has 5 heteroatoms. The van der Waals surface area contributed by atoms with Crippen molar-refractivity contribution < 1.29 is 4.79 Å². The van der Waals surface area contributed by atoms with Gasteiger partial charge in [0.2, 0.25) is 5.91 Å². The highest BCUT2D eigenvalue weighted by Gasteiger charge is 2.36. The van der Waals surface area contributed by atoms with Gasteiger partial charge in [-0.05, 0) is 55.3 Å². The van der Waals surface area contributed by atoms with E-state index in [2.05, 4.69) is 78.6 Å². The van der Waals surface area contributed by atoms with Crippen LogP contribution in [-0.2, 0) is 11.2 Å². The van der Waals surface area contributed by atoms with E-state index in [0.717, 1.165) is 31.8 Å². The first kappa shape index (κ1) is 20.4. The standard InChI is InChI=1S/C26H29N3OS/c1-3-29(12-13-31-20-8-5-4-6-9-20)26(30)19-14-22-21-10-7-11-23-25(21)18(16-27-23)15-24(22)28(2)17-19/h4-11,14,16,19,24,27H,3,12-13,15,17H2,1-2H3/t19-,24-/m1/s1. The second-order valence-electron chi connectivity index (χ2n) is 8.51. The van der Waals surface area contributed by atoms with Gasteiger partial charge in [-0.2, -0.15) is 0 Å². The molecule has 0 bridgehead atoms. The molecule has 0 saturated carbocycles. The third-order valence-electron chi connectivity index (χ3n) is 6.65. The molecule has 0 unspecified atom stereocenters. The Morgan fingerprint density at radius 3 is 2.84 bits per heavy atom. The fourth-order valence-electron chi connectivity index (χ4n) is 5.05. The van der Waals surface area contributed by atoms with Crippen LogP contribution in [0.5, 0.6) is 0 Å². The van der Waals surface area contributed by atoms with Crippen molar-refractivity contribution in [3.63, 3.8) is 0 Å². The Morgan fingerprint density at radius 1 is 1.19 bits per heavy atom. The highest BCUT2D eigenvalue weighted by molar-refractivity contribution is 7.99. The fourth-order valence-corrected chi connectivity index (χ4v) is 5.95. The predicted octanol–water partition coefficient (Wildman–Crippen LogP) is 4.68. The number of amides is 1. The third kappa shape index (κ3) is 3.81. The van der Waals surface area contributed by atoms with E-state index in [9.17, 15) is 4.79 Å². The summed E-state index contributed by atoms with van der Waals surface area (Å²) in [6.45, 7) is 4.39. The van der Waals surface area contributed by atoms with E-state index in [1.807, 2.05) is 22.7 Å². The number of fused-ring (bicyclic) bond motifs is 2. The number of H-pyrrole nitrogens is 1. The van der Waals surface area contributed by atoms with Crippen molar-refractivity contribution in [2.45, 2.75) is 24.3 Å². The zero-order valence-corrected chi connectivity index (χ0v) is 19.0. The molecule has 31 heavy (non-hydrogen) atoms. The molecule has 0 fully saturated rings. The number of nitrogens with zero attached hydrogens (tertiary/aromatic N) is 2. The topological polar surface area (TPSA) is 39.3 Å². The molecule has 0 spiro atoms. The summed E-state index contributed by atoms with van der Waals surface area (Å²) in [4.78, 5) is 22.5. The number of rotatable bonds is 6. The molecule has 2 heterocycles. The maximum Gasteiger partial charge on any atom is 0.230 e. The van der Waals surface area contributed by atoms with E-state index in [1.165, 1.54) is 32.5 Å². The number of aromatic amines is 1. The van der Waals surface area contributed by atoms with Crippen molar-refractivity contribution in [1.82, 2.24) is 14.8 Å². The molecule has 2 aliphatic rings. The minimum absolute atomic E-state index is 0.0892. The number of benzene rings is 2. The molecular weight excluding hydrogens is 402 g/mol. The number of likely N-dealkylation sites (N-methyl/N-ethyl adjacent to an activating group) is 1. The first-order valence-corrected chi connectivity index (χ1v) is 12.1. The van der Waals surface area contributed by atoms with E-state index in [-0.39, 0.29) is 11.8 Å². The van der Waals surface area contributed by atoms with E-state index in [0.29, 0.717) is 6.04 Å². The summed E-state index contributed by atoms with van der Waals surface area (Å²) in [6, 6.07) is 17.2. The predicted molar refractivity (Wildman–Crippen MR) is 129 cm³/mol. The molecule has 160 valence electrons. The van der Waals surface area contributed by atoms with Gasteiger partial charge in [0.25, 0.3) is 0 Å². The molecule has 2 aromatic carbocycles. The highest BCUT2D eigenvalue weighted by atomic mass is 32.2. The van der Waals surface area contributed by atoms with Crippen LogP contribution in [0.4, 0.5) is 0 Å². The van der Waals surface area contributed by atoms with Crippen LogP contribution >= 0.6 is 11.8 Å². The van der Waals surface area contributed by atoms with Crippen molar-refractivity contribution in [2.75, 3.05) is 32.4 Å². The van der Waals surface area contributed by atoms with Gasteiger partial charge in [0.15, 0.2) is 0 Å². The summed E-state index contributed by atoms with van der Waals surface area (Å²) in [5.41, 5.74) is 5.19. The Labute approximate surface area is 188 Å². The molecule has 1 N–H and O–H groups in total. The molecular formula is C26H29N3OS. The van der Waals surface area contributed by atoms with E-state index < -0.39 is 0 Å². The zero-order chi connectivity index (χ0) is 21.4. The van der Waals surface area contributed by atoms with Gasteiger partial charge in [0.05, 0.1) is 5.92 Å². The van der Waals surface area contributed by atoms with Crippen molar-refractivity contribution in [3.8, 4) is 0 Å². The number of thioether (sulfide) groups is 1. The number of hydrogen-bond acceptors (Lipinski definition) is 3. The maximum atomic E-state index is 13.5. The maximum absolute atomic E-state index is 13.5. The SMILES string of the molecule is CCN(CCSc1ccccc1)C(=O)[C@@H]1C=C2c3cccc4[nH]cc(c34)C[C@H]2N(C)C1. The third-order valence-corrected chi connectivity index (χ3v) is 7.64. The molecule has 5 rings (SSSR count). The Morgan fingerprint density at radius 2 is 2.03 bits per heavy atom. The van der Waals surface area contributed by atoms with Gasteiger partial charge in [-0.1, -0.05) is 36.4 Å². The first-order valence-electron chi connectivity index (χ1n) is 11.1. The summed E-state index contributed by atoms with van der Waals surface area (Å²) in [5.74, 6) is 1.08. The van der Waals surface area contributed by atoms with Crippen LogP contribution in [-0.4, -0.2) is 59.2 Å². The van der Waals surface area contributed by atoms with E-state index >= 15 is 0 Å². The molecule has 2 atom stereocenters. The molecule has 1 aromatic heterocycles. The van der Waals surface area contributed by atoms with Crippen LogP contribution in [0.1, 0.15) is 18.1 Å². The van der Waals surface area contributed by atoms with Crippen molar-refractivity contribution in [1.29, 1.82) is 0 Å². The summed E-state index contributed by atoms with van der Waals surface area (Å²) in [6.07, 6.45) is 5.43. The lowest BCUT2D eigenvalue weighted by molar-refractivity contribution is -0.134. The smallest absolute Gasteiger partial charge is 0.230 e. The van der Waals surface area contributed by atoms with Crippen molar-refractivity contribution in [2.24, 2.45) is 5.92 Å². The van der Waals surface area contributed by atoms with E-state index in [4.69, 9.17) is 0 Å². The molecule has 3 aromatic rings. The van der Waals surface area contributed by atoms with Crippen molar-refractivity contribution in [3.05, 3.63) is 71.9 Å². The lowest BCUT2D eigenvalue weighted by Crippen LogP contribution is -2.48. The first-order chi connectivity index (χ1) is 15.2. The summed E-state index contributed by atoms with van der Waals surface area (Å²) in [7, 11) is 2.16. The number of nitrogens with one attached hydrogen (secondary N) is 1. The Balaban J connectivity index is 1.36. The van der Waals surface area contributed by atoms with Crippen LogP contribution in [0, 0.1) is 5.92 Å². The normalized spacial score (nSPS) is 20.4. The second-order valence-corrected chi connectivity index (χ2v) is 9.68. The minimum atomic E-state index is -0.0892. The van der Waals surface area contributed by atoms with Gasteiger partial charge in [-0.3, -0.25) is 9.69 Å². The van der Waals surface area contributed by atoms with Gasteiger partial charge < -0.3 is 9.88 Å². The molecule has 1 aliphatic heterocycles. The van der Waals surface area contributed by atoms with Crippen LogP contribution in [0.25, 0.3) is 16.5 Å². The lowest BCUT2D eigenvalue weighted by Gasteiger charge is -2.40. The van der Waals surface area contributed by atoms with Gasteiger partial charge >= 0.3 is 0 Å². The van der Waals surface area contributed by atoms with E-state index in [1.54, 1.807) is 0 Å². The lowest BCUT2D eigenvalue weighted by atomic mass is 9.79. The van der Waals surface area contributed by atoms with Crippen LogP contribution < -0.4 is 0 Å². The molecule has 1 aliphatic carbocycles. The molecule has 1 amide bonds. The number of hydrogen-bond donors (Lipinski definition) is 1. The van der Waals surface area contributed by atoms with Gasteiger partial charge in [-0.15, -0.1) is 11.8 Å². The average Bonchev–Trinajstić information content (AvgIpc) is 3.22. The zero-order valence-electron chi connectivity index (χ0n) is 18.2. The monoisotopic (exact) mass is 431 g/mol. The molecule has 0 saturated heterocycles. The Bertz CT molecular complexity index is 1120. The Hall–Kier alpha value is -2.50. The van der Waals surface area contributed by atoms with Crippen LogP contribution in [0.3, 0.4) is 0 Å². The van der Waals surface area contributed by atoms with Crippen LogP contribution in [0.2, 0.25) is 0 Å². The number of aromatic nitrogens is 1. The van der Waals surface area contributed by atoms with Crippen LogP contribution in [0.15, 0.2) is 65.7 Å². The number of carbonyl (C=O) groups is 1. The highest BCUT2D eigenvalue weighted by Crippen LogP contribution is 2.41. The largest absolute Gasteiger partial charge is 0.361 e. The Kier molecular flexibility index (Phi) is 5.63. The van der Waals surface area contributed by atoms with Gasteiger partial charge in [-0.25, -0.2) is 0 Å². The summed E-state index contributed by atoms with van der Waals surface area (Å²) in [5, 5.41) is 1.33. The quantitative estimate of drug-likeness (QED) is 0.576. The minimum Gasteiger partial charge on any atom is -0.361 e. The van der Waals surface area contributed by atoms with Crippen molar-refractivity contribution >= 4 is 34.1 Å². The average molecular weight is 432 g/mol. The molecule has 4 nitrogen and oxygen atoms in total. The number of carbonyl (C=O) groups excluding carboxylic acids is 1. The van der Waals surface area contributed by atoms with Gasteiger partial charge in [0, 0.05) is 53.4 Å². The van der Waals surface area contributed by atoms with Gasteiger partial charge in [0.1, 0.15) is 0 Å². The summed E-state index contributed by atoms with van der Waals surface area (Å²) < 4.78 is 0. The second kappa shape index (κ2) is 8.56. The molecule has 0 radical (unpaired) electrons.